The molecule has 0 aliphatic carbocycles. The average molecular weight is 470 g/mol. The van der Waals surface area contributed by atoms with Crippen LogP contribution in [0.2, 0.25) is 0 Å². The van der Waals surface area contributed by atoms with Gasteiger partial charge in [0.25, 0.3) is 0 Å². The van der Waals surface area contributed by atoms with Crippen LogP contribution in [-0.4, -0.2) is 25.5 Å². The first-order chi connectivity index (χ1) is 12.1. The summed E-state index contributed by atoms with van der Waals surface area (Å²) in [5, 5.41) is 9.18. The maximum atomic E-state index is 13.2. The van der Waals surface area contributed by atoms with Crippen LogP contribution in [0.15, 0.2) is 53.5 Å². The largest absolute Gasteiger partial charge is 0.356 e. The smallest absolute Gasteiger partial charge is 0.221 e. The summed E-state index contributed by atoms with van der Waals surface area (Å²) in [6.45, 7) is 2.71. The van der Waals surface area contributed by atoms with Gasteiger partial charge >= 0.3 is 0 Å². The highest BCUT2D eigenvalue weighted by Crippen LogP contribution is 2.10. The van der Waals surface area contributed by atoms with Gasteiger partial charge in [0.15, 0.2) is 5.96 Å². The van der Waals surface area contributed by atoms with E-state index in [9.17, 15) is 9.18 Å². The second-order valence-electron chi connectivity index (χ2n) is 5.61. The number of nitrogens with zero attached hydrogens (tertiary/aromatic N) is 1. The number of amides is 1. The van der Waals surface area contributed by atoms with Crippen molar-refractivity contribution in [2.45, 2.75) is 19.9 Å². The molecule has 0 heterocycles. The average Bonchev–Trinajstić information content (AvgIpc) is 2.58. The van der Waals surface area contributed by atoms with Crippen LogP contribution in [0.1, 0.15) is 18.1 Å². The minimum absolute atomic E-state index is 0. The summed E-state index contributed by atoms with van der Waals surface area (Å²) >= 11 is 0. The van der Waals surface area contributed by atoms with Gasteiger partial charge in [-0.05, 0) is 41.8 Å². The number of guanidine groups is 1. The molecule has 0 atom stereocenters. The van der Waals surface area contributed by atoms with Gasteiger partial charge in [-0.2, -0.15) is 0 Å². The van der Waals surface area contributed by atoms with Gasteiger partial charge in [-0.1, -0.05) is 24.3 Å². The van der Waals surface area contributed by atoms with Gasteiger partial charge in [0.2, 0.25) is 5.91 Å². The molecule has 7 heteroatoms. The van der Waals surface area contributed by atoms with Crippen LogP contribution in [0, 0.1) is 5.82 Å². The molecule has 5 nitrogen and oxygen atoms in total. The molecule has 0 aromatic heterocycles. The van der Waals surface area contributed by atoms with Crippen molar-refractivity contribution in [1.82, 2.24) is 10.6 Å². The van der Waals surface area contributed by atoms with E-state index in [0.29, 0.717) is 25.5 Å². The highest BCUT2D eigenvalue weighted by Gasteiger charge is 2.01. The Balaban J connectivity index is 0.00000338. The molecular formula is C19H24FIN4O. The standard InChI is InChI=1S/C19H23FN4O.HI/c1-14(25)24-18-8-4-6-16(12-18)13-23-19(21-2)22-10-9-15-5-3-7-17(20)11-15;/h3-8,11-12H,9-10,13H2,1-2H3,(H,24,25)(H2,21,22,23);1H. The van der Waals surface area contributed by atoms with Crippen molar-refractivity contribution in [3.63, 3.8) is 0 Å². The van der Waals surface area contributed by atoms with E-state index in [1.807, 2.05) is 30.3 Å². The molecule has 0 bridgehead atoms. The fourth-order valence-electron chi connectivity index (χ4n) is 2.39. The van der Waals surface area contributed by atoms with E-state index in [1.165, 1.54) is 19.1 Å². The summed E-state index contributed by atoms with van der Waals surface area (Å²) in [7, 11) is 1.70. The number of carbonyl (C=O) groups is 1. The summed E-state index contributed by atoms with van der Waals surface area (Å²) in [5.41, 5.74) is 2.73. The monoisotopic (exact) mass is 470 g/mol. The highest BCUT2D eigenvalue weighted by molar-refractivity contribution is 14.0. The van der Waals surface area contributed by atoms with Crippen LogP contribution in [0.5, 0.6) is 0 Å². The Labute approximate surface area is 170 Å². The highest BCUT2D eigenvalue weighted by atomic mass is 127. The zero-order chi connectivity index (χ0) is 18.1. The van der Waals surface area contributed by atoms with Crippen LogP contribution in [0.4, 0.5) is 10.1 Å². The Morgan fingerprint density at radius 1 is 1.08 bits per heavy atom. The minimum atomic E-state index is -0.223. The minimum Gasteiger partial charge on any atom is -0.356 e. The van der Waals surface area contributed by atoms with E-state index in [1.54, 1.807) is 13.1 Å². The summed E-state index contributed by atoms with van der Waals surface area (Å²) in [4.78, 5) is 15.3. The Hall–Kier alpha value is -2.16. The molecule has 0 fully saturated rings. The zero-order valence-electron chi connectivity index (χ0n) is 14.9. The van der Waals surface area contributed by atoms with Crippen LogP contribution in [-0.2, 0) is 17.8 Å². The molecule has 2 aromatic rings. The second kappa shape index (κ2) is 11.5. The molecule has 2 rings (SSSR count). The van der Waals surface area contributed by atoms with E-state index in [0.717, 1.165) is 16.8 Å². The summed E-state index contributed by atoms with van der Waals surface area (Å²) < 4.78 is 13.2. The number of rotatable bonds is 6. The molecule has 0 spiro atoms. The molecule has 140 valence electrons. The predicted octanol–water partition coefficient (Wildman–Crippen LogP) is 3.31. The Morgan fingerprint density at radius 3 is 2.50 bits per heavy atom. The van der Waals surface area contributed by atoms with E-state index in [2.05, 4.69) is 20.9 Å². The first-order valence-electron chi connectivity index (χ1n) is 8.12. The molecule has 0 unspecified atom stereocenters. The number of carbonyl (C=O) groups excluding carboxylic acids is 1. The first-order valence-corrected chi connectivity index (χ1v) is 8.12. The molecular weight excluding hydrogens is 446 g/mol. The predicted molar refractivity (Wildman–Crippen MR) is 114 cm³/mol. The zero-order valence-corrected chi connectivity index (χ0v) is 17.2. The molecule has 0 aliphatic rings. The topological polar surface area (TPSA) is 65.5 Å². The quantitative estimate of drug-likeness (QED) is 0.345. The van der Waals surface area contributed by atoms with Gasteiger partial charge in [0, 0.05) is 32.7 Å². The molecule has 3 N–H and O–H groups in total. The van der Waals surface area contributed by atoms with Gasteiger partial charge in [0.05, 0.1) is 0 Å². The first kappa shape index (κ1) is 21.9. The van der Waals surface area contributed by atoms with E-state index >= 15 is 0 Å². The maximum absolute atomic E-state index is 13.2. The summed E-state index contributed by atoms with van der Waals surface area (Å²) in [6.07, 6.45) is 0.705. The van der Waals surface area contributed by atoms with Gasteiger partial charge in [-0.3, -0.25) is 9.79 Å². The Bertz CT molecular complexity index is 752. The van der Waals surface area contributed by atoms with Gasteiger partial charge in [-0.25, -0.2) is 4.39 Å². The Kier molecular flexibility index (Phi) is 9.64. The number of benzene rings is 2. The number of aliphatic imine (C=N–C) groups is 1. The van der Waals surface area contributed by atoms with Crippen LogP contribution in [0.3, 0.4) is 0 Å². The lowest BCUT2D eigenvalue weighted by molar-refractivity contribution is -0.114. The third-order valence-corrected chi connectivity index (χ3v) is 3.53. The van der Waals surface area contributed by atoms with E-state index < -0.39 is 0 Å². The van der Waals surface area contributed by atoms with Crippen molar-refractivity contribution >= 4 is 41.5 Å². The number of hydrogen-bond donors (Lipinski definition) is 3. The lowest BCUT2D eigenvalue weighted by atomic mass is 10.1. The fraction of sp³-hybridized carbons (Fsp3) is 0.263. The lowest BCUT2D eigenvalue weighted by Crippen LogP contribution is -2.37. The number of hydrogen-bond acceptors (Lipinski definition) is 2. The van der Waals surface area contributed by atoms with Crippen molar-refractivity contribution in [2.75, 3.05) is 18.9 Å². The Morgan fingerprint density at radius 2 is 1.81 bits per heavy atom. The fourth-order valence-corrected chi connectivity index (χ4v) is 2.39. The van der Waals surface area contributed by atoms with Crippen molar-refractivity contribution in [1.29, 1.82) is 0 Å². The van der Waals surface area contributed by atoms with Crippen molar-refractivity contribution in [2.24, 2.45) is 4.99 Å². The van der Waals surface area contributed by atoms with Crippen LogP contribution in [0.25, 0.3) is 0 Å². The van der Waals surface area contributed by atoms with E-state index in [4.69, 9.17) is 0 Å². The number of nitrogens with one attached hydrogen (secondary N) is 3. The molecule has 0 aliphatic heterocycles. The van der Waals surface area contributed by atoms with Gasteiger partial charge in [-0.15, -0.1) is 24.0 Å². The van der Waals surface area contributed by atoms with E-state index in [-0.39, 0.29) is 35.7 Å². The molecule has 2 aromatic carbocycles. The van der Waals surface area contributed by atoms with Crippen molar-refractivity contribution in [3.05, 3.63) is 65.5 Å². The third kappa shape index (κ3) is 7.81. The second-order valence-corrected chi connectivity index (χ2v) is 5.61. The van der Waals surface area contributed by atoms with Gasteiger partial charge in [0.1, 0.15) is 5.82 Å². The number of halogens is 2. The lowest BCUT2D eigenvalue weighted by Gasteiger charge is -2.12. The van der Waals surface area contributed by atoms with Crippen LogP contribution < -0.4 is 16.0 Å². The van der Waals surface area contributed by atoms with Gasteiger partial charge < -0.3 is 16.0 Å². The SMILES string of the molecule is CN=C(NCCc1cccc(F)c1)NCc1cccc(NC(C)=O)c1.I. The summed E-state index contributed by atoms with van der Waals surface area (Å²) in [5.74, 6) is 0.348. The molecule has 1 amide bonds. The van der Waals surface area contributed by atoms with Crippen molar-refractivity contribution < 1.29 is 9.18 Å². The third-order valence-electron chi connectivity index (χ3n) is 3.53. The maximum Gasteiger partial charge on any atom is 0.221 e. The summed E-state index contributed by atoms with van der Waals surface area (Å²) in [6, 6.07) is 14.2. The molecule has 26 heavy (non-hydrogen) atoms. The normalized spacial score (nSPS) is 10.7. The molecule has 0 saturated carbocycles. The molecule has 0 radical (unpaired) electrons. The van der Waals surface area contributed by atoms with Crippen molar-refractivity contribution in [3.8, 4) is 0 Å². The van der Waals surface area contributed by atoms with Crippen LogP contribution >= 0.6 is 24.0 Å². The molecule has 0 saturated heterocycles. The number of anilines is 1.